The highest BCUT2D eigenvalue weighted by atomic mass is 16.5. The Kier molecular flexibility index (Phi) is 3.08. The molecule has 0 atom stereocenters. The number of rotatable bonds is 2. The van der Waals surface area contributed by atoms with Gasteiger partial charge in [-0.1, -0.05) is 0 Å². The number of fused-ring (bicyclic) bond motifs is 1. The Morgan fingerprint density at radius 1 is 1.28 bits per heavy atom. The van der Waals surface area contributed by atoms with E-state index in [1.54, 1.807) is 6.20 Å². The lowest BCUT2D eigenvalue weighted by atomic mass is 10.1. The normalized spacial score (nSPS) is 16.2. The zero-order valence-corrected chi connectivity index (χ0v) is 10.0. The Balaban J connectivity index is 2.07. The maximum absolute atomic E-state index is 9.46. The first-order valence-corrected chi connectivity index (χ1v) is 6.04. The van der Waals surface area contributed by atoms with Crippen LogP contribution >= 0.6 is 0 Å². The number of ether oxygens (including phenoxy) is 1. The summed E-state index contributed by atoms with van der Waals surface area (Å²) in [6, 6.07) is 4.05. The monoisotopic (exact) mass is 245 g/mol. The van der Waals surface area contributed by atoms with Crippen molar-refractivity contribution in [2.45, 2.75) is 6.61 Å². The van der Waals surface area contributed by atoms with E-state index in [0.29, 0.717) is 0 Å². The summed E-state index contributed by atoms with van der Waals surface area (Å²) < 4.78 is 5.35. The van der Waals surface area contributed by atoms with Gasteiger partial charge in [0.1, 0.15) is 6.33 Å². The number of hydrogen-bond donors (Lipinski definition) is 1. The first-order valence-electron chi connectivity index (χ1n) is 6.04. The average Bonchev–Trinajstić information content (AvgIpc) is 2.47. The minimum atomic E-state index is 0.00204. The van der Waals surface area contributed by atoms with Crippen molar-refractivity contribution in [2.75, 3.05) is 31.2 Å². The number of hydrogen-bond acceptors (Lipinski definition) is 5. The summed E-state index contributed by atoms with van der Waals surface area (Å²) in [6.07, 6.45) is 3.28. The van der Waals surface area contributed by atoms with Crippen LogP contribution in [0.4, 0.5) is 5.69 Å². The molecule has 1 saturated heterocycles. The predicted octanol–water partition coefficient (Wildman–Crippen LogP) is 0.959. The van der Waals surface area contributed by atoms with Crippen molar-refractivity contribution >= 4 is 16.6 Å². The molecule has 0 saturated carbocycles. The van der Waals surface area contributed by atoms with Gasteiger partial charge in [0, 0.05) is 30.4 Å². The van der Waals surface area contributed by atoms with Crippen LogP contribution in [-0.4, -0.2) is 41.4 Å². The van der Waals surface area contributed by atoms with E-state index < -0.39 is 0 Å². The molecule has 1 aliphatic heterocycles. The summed E-state index contributed by atoms with van der Waals surface area (Å²) in [7, 11) is 0. The topological polar surface area (TPSA) is 58.5 Å². The minimum Gasteiger partial charge on any atom is -0.392 e. The van der Waals surface area contributed by atoms with E-state index in [1.165, 1.54) is 6.33 Å². The van der Waals surface area contributed by atoms with Crippen molar-refractivity contribution in [2.24, 2.45) is 0 Å². The molecule has 0 spiro atoms. The Bertz CT molecular complexity index is 553. The number of aliphatic hydroxyl groups is 1. The van der Waals surface area contributed by atoms with Crippen molar-refractivity contribution < 1.29 is 9.84 Å². The minimum absolute atomic E-state index is 0.00204. The van der Waals surface area contributed by atoms with Crippen LogP contribution in [0, 0.1) is 0 Å². The van der Waals surface area contributed by atoms with Crippen LogP contribution in [0.15, 0.2) is 24.7 Å². The molecule has 1 aromatic carbocycles. The van der Waals surface area contributed by atoms with Crippen molar-refractivity contribution in [1.29, 1.82) is 0 Å². The van der Waals surface area contributed by atoms with E-state index in [4.69, 9.17) is 4.74 Å². The van der Waals surface area contributed by atoms with Crippen LogP contribution < -0.4 is 4.90 Å². The van der Waals surface area contributed by atoms with Crippen LogP contribution in [0.5, 0.6) is 0 Å². The molecule has 0 amide bonds. The summed E-state index contributed by atoms with van der Waals surface area (Å²) in [5.74, 6) is 0. The van der Waals surface area contributed by atoms with E-state index in [0.717, 1.165) is 48.5 Å². The molecular weight excluding hydrogens is 230 g/mol. The fraction of sp³-hybridized carbons (Fsp3) is 0.385. The Hall–Kier alpha value is -1.72. The Morgan fingerprint density at radius 3 is 2.89 bits per heavy atom. The number of aromatic nitrogens is 2. The maximum atomic E-state index is 9.46. The van der Waals surface area contributed by atoms with Gasteiger partial charge in [-0.15, -0.1) is 0 Å². The van der Waals surface area contributed by atoms with Crippen LogP contribution in [0.3, 0.4) is 0 Å². The number of nitrogens with zero attached hydrogens (tertiary/aromatic N) is 3. The highest BCUT2D eigenvalue weighted by Crippen LogP contribution is 2.25. The van der Waals surface area contributed by atoms with E-state index in [1.807, 2.05) is 12.1 Å². The third-order valence-electron chi connectivity index (χ3n) is 3.24. The van der Waals surface area contributed by atoms with Gasteiger partial charge in [-0.05, 0) is 17.7 Å². The molecule has 3 rings (SSSR count). The molecular formula is C13H15N3O2. The summed E-state index contributed by atoms with van der Waals surface area (Å²) >= 11 is 0. The smallest absolute Gasteiger partial charge is 0.116 e. The standard InChI is InChI=1S/C13H15N3O2/c17-8-10-5-11(16-1-3-18-4-2-16)6-13-12(10)7-14-9-15-13/h5-7,9,17H,1-4,8H2. The molecule has 0 unspecified atom stereocenters. The van der Waals surface area contributed by atoms with E-state index >= 15 is 0 Å². The number of anilines is 1. The first-order chi connectivity index (χ1) is 8.88. The molecule has 1 aromatic heterocycles. The largest absolute Gasteiger partial charge is 0.392 e. The lowest BCUT2D eigenvalue weighted by Gasteiger charge is -2.29. The van der Waals surface area contributed by atoms with Gasteiger partial charge < -0.3 is 14.7 Å². The van der Waals surface area contributed by atoms with Gasteiger partial charge in [-0.2, -0.15) is 0 Å². The van der Waals surface area contributed by atoms with Crippen LogP contribution in [-0.2, 0) is 11.3 Å². The SMILES string of the molecule is OCc1cc(N2CCOCC2)cc2ncncc12. The van der Waals surface area contributed by atoms with Crippen LogP contribution in [0.2, 0.25) is 0 Å². The lowest BCUT2D eigenvalue weighted by molar-refractivity contribution is 0.122. The van der Waals surface area contributed by atoms with E-state index in [2.05, 4.69) is 14.9 Å². The molecule has 5 heteroatoms. The van der Waals surface area contributed by atoms with Gasteiger partial charge in [-0.25, -0.2) is 9.97 Å². The van der Waals surface area contributed by atoms with Crippen molar-refractivity contribution in [1.82, 2.24) is 9.97 Å². The molecule has 0 bridgehead atoms. The Labute approximate surface area is 105 Å². The molecule has 0 radical (unpaired) electrons. The summed E-state index contributed by atoms with van der Waals surface area (Å²) in [5, 5.41) is 10.4. The van der Waals surface area contributed by atoms with Crippen LogP contribution in [0.25, 0.3) is 10.9 Å². The fourth-order valence-corrected chi connectivity index (χ4v) is 2.27. The van der Waals surface area contributed by atoms with Crippen LogP contribution in [0.1, 0.15) is 5.56 Å². The van der Waals surface area contributed by atoms with E-state index in [9.17, 15) is 5.11 Å². The molecule has 2 heterocycles. The molecule has 1 aliphatic rings. The van der Waals surface area contributed by atoms with Gasteiger partial charge in [0.05, 0.1) is 25.3 Å². The summed E-state index contributed by atoms with van der Waals surface area (Å²) in [4.78, 5) is 10.5. The summed E-state index contributed by atoms with van der Waals surface area (Å²) in [5.41, 5.74) is 2.83. The molecule has 1 N–H and O–H groups in total. The zero-order valence-electron chi connectivity index (χ0n) is 10.0. The molecule has 1 fully saturated rings. The van der Waals surface area contributed by atoms with Crippen molar-refractivity contribution in [3.05, 3.63) is 30.2 Å². The van der Waals surface area contributed by atoms with Gasteiger partial charge >= 0.3 is 0 Å². The van der Waals surface area contributed by atoms with Gasteiger partial charge in [0.2, 0.25) is 0 Å². The van der Waals surface area contributed by atoms with Gasteiger partial charge in [0.25, 0.3) is 0 Å². The lowest BCUT2D eigenvalue weighted by Crippen LogP contribution is -2.36. The molecule has 5 nitrogen and oxygen atoms in total. The summed E-state index contributed by atoms with van der Waals surface area (Å²) in [6.45, 7) is 3.25. The van der Waals surface area contributed by atoms with Gasteiger partial charge in [-0.3, -0.25) is 0 Å². The predicted molar refractivity (Wildman–Crippen MR) is 68.5 cm³/mol. The second-order valence-electron chi connectivity index (χ2n) is 4.32. The fourth-order valence-electron chi connectivity index (χ4n) is 2.27. The Morgan fingerprint density at radius 2 is 2.11 bits per heavy atom. The van der Waals surface area contributed by atoms with Gasteiger partial charge in [0.15, 0.2) is 0 Å². The number of benzene rings is 1. The maximum Gasteiger partial charge on any atom is 0.116 e. The third kappa shape index (κ3) is 2.02. The highest BCUT2D eigenvalue weighted by molar-refractivity contribution is 5.85. The number of aliphatic hydroxyl groups excluding tert-OH is 1. The molecule has 2 aromatic rings. The molecule has 0 aliphatic carbocycles. The first kappa shape index (κ1) is 11.4. The number of morpholine rings is 1. The van der Waals surface area contributed by atoms with E-state index in [-0.39, 0.29) is 6.61 Å². The average molecular weight is 245 g/mol. The van der Waals surface area contributed by atoms with Crippen molar-refractivity contribution in [3.8, 4) is 0 Å². The highest BCUT2D eigenvalue weighted by Gasteiger charge is 2.13. The quantitative estimate of drug-likeness (QED) is 0.854. The van der Waals surface area contributed by atoms with Crippen molar-refractivity contribution in [3.63, 3.8) is 0 Å². The molecule has 18 heavy (non-hydrogen) atoms. The second-order valence-corrected chi connectivity index (χ2v) is 4.32. The molecule has 94 valence electrons. The second kappa shape index (κ2) is 4.88. The zero-order chi connectivity index (χ0) is 12.4. The third-order valence-corrected chi connectivity index (χ3v) is 3.24.